The van der Waals surface area contributed by atoms with Gasteiger partial charge >= 0.3 is 0 Å². The lowest BCUT2D eigenvalue weighted by Gasteiger charge is -2.31. The molecule has 1 saturated carbocycles. The minimum atomic E-state index is 0. The van der Waals surface area contributed by atoms with Gasteiger partial charge in [0, 0.05) is 26.2 Å². The maximum atomic E-state index is 5.30. The smallest absolute Gasteiger partial charge is 0.191 e. The number of hydrogen-bond acceptors (Lipinski definition) is 3. The summed E-state index contributed by atoms with van der Waals surface area (Å²) in [4.78, 5) is 6.71. The maximum Gasteiger partial charge on any atom is 0.191 e. The zero-order valence-electron chi connectivity index (χ0n) is 13.7. The van der Waals surface area contributed by atoms with E-state index >= 15 is 0 Å². The molecule has 22 heavy (non-hydrogen) atoms. The molecule has 0 saturated heterocycles. The minimum absolute atomic E-state index is 0. The molecule has 0 amide bonds. The Morgan fingerprint density at radius 1 is 1.32 bits per heavy atom. The third-order valence-corrected chi connectivity index (χ3v) is 4.19. The highest BCUT2D eigenvalue weighted by atomic mass is 127. The van der Waals surface area contributed by atoms with E-state index in [2.05, 4.69) is 27.6 Å². The van der Waals surface area contributed by atoms with Crippen LogP contribution < -0.4 is 10.6 Å². The summed E-state index contributed by atoms with van der Waals surface area (Å²) in [6.07, 6.45) is 8.56. The highest BCUT2D eigenvalue weighted by Crippen LogP contribution is 2.21. The molecule has 6 heteroatoms. The van der Waals surface area contributed by atoms with Crippen molar-refractivity contribution in [1.82, 2.24) is 15.5 Å². The van der Waals surface area contributed by atoms with Crippen LogP contribution in [0.4, 0.5) is 0 Å². The van der Waals surface area contributed by atoms with Gasteiger partial charge in [0.1, 0.15) is 5.76 Å². The van der Waals surface area contributed by atoms with Crippen LogP contribution in [0.25, 0.3) is 0 Å². The first-order valence-electron chi connectivity index (χ1n) is 7.96. The summed E-state index contributed by atoms with van der Waals surface area (Å²) < 4.78 is 5.30. The van der Waals surface area contributed by atoms with Gasteiger partial charge in [-0.25, -0.2) is 0 Å². The third kappa shape index (κ3) is 6.56. The zero-order chi connectivity index (χ0) is 14.9. The number of halogens is 1. The van der Waals surface area contributed by atoms with Gasteiger partial charge in [0.15, 0.2) is 5.96 Å². The number of likely N-dealkylation sites (N-methyl/N-ethyl adjacent to an activating group) is 1. The molecule has 0 atom stereocenters. The van der Waals surface area contributed by atoms with E-state index in [0.717, 1.165) is 30.9 Å². The molecule has 126 valence electrons. The first-order valence-corrected chi connectivity index (χ1v) is 7.96. The number of guanidine groups is 1. The zero-order valence-corrected chi connectivity index (χ0v) is 16.0. The van der Waals surface area contributed by atoms with Crippen molar-refractivity contribution in [2.75, 3.05) is 27.2 Å². The number of aliphatic imine (C=N–C) groups is 1. The van der Waals surface area contributed by atoms with Gasteiger partial charge in [-0.15, -0.1) is 24.0 Å². The molecular weight excluding hydrogens is 391 g/mol. The molecule has 1 aromatic heterocycles. The molecular formula is C16H29IN4O. The molecule has 0 bridgehead atoms. The molecule has 2 N–H and O–H groups in total. The van der Waals surface area contributed by atoms with E-state index in [1.54, 1.807) is 13.3 Å². The molecule has 0 spiro atoms. The summed E-state index contributed by atoms with van der Waals surface area (Å²) in [6, 6.07) is 4.61. The lowest BCUT2D eigenvalue weighted by atomic mass is 9.94. The van der Waals surface area contributed by atoms with Crippen molar-refractivity contribution in [2.45, 2.75) is 44.7 Å². The Balaban J connectivity index is 0.00000242. The van der Waals surface area contributed by atoms with Crippen LogP contribution in [0.3, 0.4) is 0 Å². The SMILES string of the molecule is CN=C(NCCN(C)C1CCCCC1)NCc1ccco1.I. The van der Waals surface area contributed by atoms with E-state index in [-0.39, 0.29) is 24.0 Å². The first kappa shape index (κ1) is 19.3. The fourth-order valence-corrected chi connectivity index (χ4v) is 2.86. The molecule has 1 aliphatic carbocycles. The lowest BCUT2D eigenvalue weighted by Crippen LogP contribution is -2.43. The second kappa shape index (κ2) is 10.9. The first-order chi connectivity index (χ1) is 10.3. The number of nitrogens with zero attached hydrogens (tertiary/aromatic N) is 2. The minimum Gasteiger partial charge on any atom is -0.467 e. The summed E-state index contributed by atoms with van der Waals surface area (Å²) in [5, 5.41) is 6.61. The Hall–Kier alpha value is -0.760. The van der Waals surface area contributed by atoms with Crippen molar-refractivity contribution in [3.8, 4) is 0 Å². The second-order valence-electron chi connectivity index (χ2n) is 5.70. The molecule has 5 nitrogen and oxygen atoms in total. The highest BCUT2D eigenvalue weighted by molar-refractivity contribution is 14.0. The Labute approximate surface area is 150 Å². The van der Waals surface area contributed by atoms with Gasteiger partial charge in [-0.3, -0.25) is 4.99 Å². The molecule has 1 fully saturated rings. The van der Waals surface area contributed by atoms with Crippen LogP contribution in [0.5, 0.6) is 0 Å². The van der Waals surface area contributed by atoms with Crippen molar-refractivity contribution in [3.63, 3.8) is 0 Å². The van der Waals surface area contributed by atoms with Gasteiger partial charge in [0.05, 0.1) is 12.8 Å². The molecule has 2 rings (SSSR count). The van der Waals surface area contributed by atoms with Crippen LogP contribution in [0.2, 0.25) is 0 Å². The normalized spacial score (nSPS) is 16.4. The van der Waals surface area contributed by atoms with Crippen molar-refractivity contribution in [2.24, 2.45) is 4.99 Å². The third-order valence-electron chi connectivity index (χ3n) is 4.19. The number of hydrogen-bond donors (Lipinski definition) is 2. The van der Waals surface area contributed by atoms with Gasteiger partial charge < -0.3 is 20.0 Å². The molecule has 1 heterocycles. The Morgan fingerprint density at radius 2 is 2.09 bits per heavy atom. The van der Waals surface area contributed by atoms with Gasteiger partial charge in [0.2, 0.25) is 0 Å². The number of furan rings is 1. The monoisotopic (exact) mass is 420 g/mol. The Bertz CT molecular complexity index is 416. The lowest BCUT2D eigenvalue weighted by molar-refractivity contribution is 0.194. The van der Waals surface area contributed by atoms with Crippen LogP contribution >= 0.6 is 24.0 Å². The molecule has 0 radical (unpaired) electrons. The second-order valence-corrected chi connectivity index (χ2v) is 5.70. The van der Waals surface area contributed by atoms with Crippen molar-refractivity contribution in [3.05, 3.63) is 24.2 Å². The topological polar surface area (TPSA) is 52.8 Å². The molecule has 0 aliphatic heterocycles. The van der Waals surface area contributed by atoms with E-state index < -0.39 is 0 Å². The number of rotatable bonds is 6. The molecule has 1 aromatic rings. The van der Waals surface area contributed by atoms with E-state index in [0.29, 0.717) is 6.54 Å². The summed E-state index contributed by atoms with van der Waals surface area (Å²) in [5.74, 6) is 1.74. The fraction of sp³-hybridized carbons (Fsp3) is 0.688. The standard InChI is InChI=1S/C16H28N4O.HI/c1-17-16(19-13-15-9-6-12-21-15)18-10-11-20(2)14-7-4-3-5-8-14;/h6,9,12,14H,3-5,7-8,10-11,13H2,1-2H3,(H2,17,18,19);1H. The summed E-state index contributed by atoms with van der Waals surface area (Å²) >= 11 is 0. The van der Waals surface area contributed by atoms with Gasteiger partial charge in [0.25, 0.3) is 0 Å². The average molecular weight is 420 g/mol. The molecule has 1 aliphatic rings. The number of nitrogens with one attached hydrogen (secondary N) is 2. The van der Waals surface area contributed by atoms with E-state index in [4.69, 9.17) is 4.42 Å². The van der Waals surface area contributed by atoms with Gasteiger partial charge in [-0.2, -0.15) is 0 Å². The van der Waals surface area contributed by atoms with E-state index in [9.17, 15) is 0 Å². The molecule has 0 aromatic carbocycles. The quantitative estimate of drug-likeness (QED) is 0.422. The predicted molar refractivity (Wildman–Crippen MR) is 102 cm³/mol. The van der Waals surface area contributed by atoms with Crippen LogP contribution in [0, 0.1) is 0 Å². The van der Waals surface area contributed by atoms with Crippen LogP contribution in [0.1, 0.15) is 37.9 Å². The summed E-state index contributed by atoms with van der Waals surface area (Å²) in [6.45, 7) is 2.61. The highest BCUT2D eigenvalue weighted by Gasteiger charge is 2.17. The van der Waals surface area contributed by atoms with Crippen LogP contribution in [-0.2, 0) is 6.54 Å². The van der Waals surface area contributed by atoms with Crippen LogP contribution in [0.15, 0.2) is 27.8 Å². The summed E-state index contributed by atoms with van der Waals surface area (Å²) in [7, 11) is 4.03. The predicted octanol–water partition coefficient (Wildman–Crippen LogP) is 2.83. The van der Waals surface area contributed by atoms with Crippen LogP contribution in [-0.4, -0.2) is 44.1 Å². The van der Waals surface area contributed by atoms with E-state index in [1.165, 1.54) is 32.1 Å². The van der Waals surface area contributed by atoms with Gasteiger partial charge in [-0.05, 0) is 32.0 Å². The molecule has 0 unspecified atom stereocenters. The van der Waals surface area contributed by atoms with E-state index in [1.807, 2.05) is 12.1 Å². The van der Waals surface area contributed by atoms with Crippen molar-refractivity contribution in [1.29, 1.82) is 0 Å². The largest absolute Gasteiger partial charge is 0.467 e. The Kier molecular flexibility index (Phi) is 9.54. The van der Waals surface area contributed by atoms with Crippen molar-refractivity contribution >= 4 is 29.9 Å². The fourth-order valence-electron chi connectivity index (χ4n) is 2.86. The van der Waals surface area contributed by atoms with Crippen molar-refractivity contribution < 1.29 is 4.42 Å². The Morgan fingerprint density at radius 3 is 2.73 bits per heavy atom. The van der Waals surface area contributed by atoms with Gasteiger partial charge in [-0.1, -0.05) is 19.3 Å². The summed E-state index contributed by atoms with van der Waals surface area (Å²) in [5.41, 5.74) is 0. The average Bonchev–Trinajstić information content (AvgIpc) is 3.04. The maximum absolute atomic E-state index is 5.30.